The summed E-state index contributed by atoms with van der Waals surface area (Å²) in [5.41, 5.74) is 4.65. The van der Waals surface area contributed by atoms with Crippen LogP contribution in [-0.2, 0) is 21.3 Å². The van der Waals surface area contributed by atoms with Crippen LogP contribution in [0.3, 0.4) is 0 Å². The molecule has 2 aromatic rings. The van der Waals surface area contributed by atoms with Crippen molar-refractivity contribution in [1.29, 1.82) is 0 Å². The average Bonchev–Trinajstić information content (AvgIpc) is 2.57. The Hall–Kier alpha value is -2.14. The molecule has 0 saturated heterocycles. The summed E-state index contributed by atoms with van der Waals surface area (Å²) in [7, 11) is -3.39. The van der Waals surface area contributed by atoms with Gasteiger partial charge in [-0.05, 0) is 48.9 Å². The number of aryl methyl sites for hydroxylation is 1. The number of rotatable bonds is 5. The van der Waals surface area contributed by atoms with Crippen LogP contribution in [0.15, 0.2) is 48.7 Å². The lowest BCUT2D eigenvalue weighted by atomic mass is 9.88. The molecule has 0 aromatic heterocycles. The summed E-state index contributed by atoms with van der Waals surface area (Å²) in [6, 6.07) is 10.7. The fourth-order valence-electron chi connectivity index (χ4n) is 3.78. The van der Waals surface area contributed by atoms with Crippen molar-refractivity contribution in [1.82, 2.24) is 0 Å². The van der Waals surface area contributed by atoms with E-state index in [9.17, 15) is 12.8 Å². The Balaban J connectivity index is 1.90. The molecule has 3 nitrogen and oxygen atoms in total. The lowest BCUT2D eigenvalue weighted by Gasteiger charge is -2.36. The van der Waals surface area contributed by atoms with Crippen LogP contribution in [0.25, 0.3) is 0 Å². The average molecular weight is 388 g/mol. The molecule has 144 valence electrons. The second-order valence-corrected chi connectivity index (χ2v) is 9.51. The highest BCUT2D eigenvalue weighted by molar-refractivity contribution is 7.89. The molecule has 1 aliphatic heterocycles. The first-order chi connectivity index (χ1) is 12.7. The Kier molecular flexibility index (Phi) is 5.43. The van der Waals surface area contributed by atoms with E-state index in [2.05, 4.69) is 6.58 Å². The molecule has 0 aliphatic carbocycles. The summed E-state index contributed by atoms with van der Waals surface area (Å²) in [6.45, 7) is 10.6. The predicted octanol–water partition coefficient (Wildman–Crippen LogP) is 5.10. The van der Waals surface area contributed by atoms with Crippen LogP contribution >= 0.6 is 0 Å². The Labute approximate surface area is 161 Å². The van der Waals surface area contributed by atoms with Gasteiger partial charge in [0.05, 0.1) is 17.2 Å². The number of fused-ring (bicyclic) bond motifs is 1. The Morgan fingerprint density at radius 1 is 1.15 bits per heavy atom. The molecule has 0 radical (unpaired) electrons. The van der Waals surface area contributed by atoms with Crippen LogP contribution < -0.4 is 4.90 Å². The summed E-state index contributed by atoms with van der Waals surface area (Å²) in [4.78, 5) is 1.88. The normalized spacial score (nSPS) is 17.1. The van der Waals surface area contributed by atoms with Crippen molar-refractivity contribution in [3.8, 4) is 0 Å². The van der Waals surface area contributed by atoms with Gasteiger partial charge in [0.1, 0.15) is 5.82 Å². The third-order valence-electron chi connectivity index (χ3n) is 5.09. The maximum absolute atomic E-state index is 14.9. The van der Waals surface area contributed by atoms with Crippen LogP contribution in [0, 0.1) is 12.7 Å². The van der Waals surface area contributed by atoms with Crippen molar-refractivity contribution >= 4 is 15.5 Å². The van der Waals surface area contributed by atoms with Crippen molar-refractivity contribution < 1.29 is 12.8 Å². The Bertz CT molecular complexity index is 965. The second kappa shape index (κ2) is 7.47. The first-order valence-electron chi connectivity index (χ1n) is 9.23. The molecule has 1 unspecified atom stereocenters. The van der Waals surface area contributed by atoms with E-state index in [0.717, 1.165) is 28.8 Å². The zero-order chi connectivity index (χ0) is 19.8. The predicted molar refractivity (Wildman–Crippen MR) is 109 cm³/mol. The number of hydrogen-bond acceptors (Lipinski definition) is 3. The van der Waals surface area contributed by atoms with Crippen molar-refractivity contribution in [2.45, 2.75) is 44.6 Å². The second-order valence-electron chi connectivity index (χ2n) is 7.45. The zero-order valence-electron chi connectivity index (χ0n) is 16.1. The molecule has 2 aromatic carbocycles. The van der Waals surface area contributed by atoms with Gasteiger partial charge in [0.2, 0.25) is 0 Å². The molecule has 0 bridgehead atoms. The minimum atomic E-state index is -3.39. The highest BCUT2D eigenvalue weighted by Gasteiger charge is 2.28. The standard InChI is InChI=1S/C22H26FNO2S/c1-5-24-17(4)10-16(3)20-11-19(12-21(23)22(20)24)14-27(25,26)13-18-8-6-15(2)7-9-18/h6-9,11-12,16H,4-5,10,13-14H2,1-3H3. The van der Waals surface area contributed by atoms with E-state index >= 15 is 0 Å². The van der Waals surface area contributed by atoms with Crippen LogP contribution in [0.1, 0.15) is 48.4 Å². The van der Waals surface area contributed by atoms with Crippen molar-refractivity contribution in [2.24, 2.45) is 0 Å². The number of anilines is 1. The van der Waals surface area contributed by atoms with Gasteiger partial charge in [0.15, 0.2) is 9.84 Å². The van der Waals surface area contributed by atoms with Gasteiger partial charge in [-0.1, -0.05) is 49.4 Å². The molecule has 0 spiro atoms. The molecule has 0 amide bonds. The number of nitrogens with zero attached hydrogens (tertiary/aromatic N) is 1. The van der Waals surface area contributed by atoms with Gasteiger partial charge in [-0.15, -0.1) is 0 Å². The molecule has 5 heteroatoms. The SMILES string of the molecule is C=C1CC(C)c2cc(CS(=O)(=O)Cc3ccc(C)cc3)cc(F)c2N1CC. The van der Waals surface area contributed by atoms with E-state index in [4.69, 9.17) is 0 Å². The topological polar surface area (TPSA) is 37.4 Å². The van der Waals surface area contributed by atoms with Crippen molar-refractivity contribution in [3.63, 3.8) is 0 Å². The van der Waals surface area contributed by atoms with Crippen LogP contribution in [0.5, 0.6) is 0 Å². The first-order valence-corrected chi connectivity index (χ1v) is 11.1. The monoisotopic (exact) mass is 387 g/mol. The van der Waals surface area contributed by atoms with Crippen LogP contribution in [0.4, 0.5) is 10.1 Å². The van der Waals surface area contributed by atoms with Gasteiger partial charge in [0, 0.05) is 12.2 Å². The number of sulfone groups is 1. The van der Waals surface area contributed by atoms with E-state index in [1.165, 1.54) is 6.07 Å². The van der Waals surface area contributed by atoms with E-state index in [1.807, 2.05) is 56.0 Å². The molecule has 1 atom stereocenters. The van der Waals surface area contributed by atoms with Gasteiger partial charge in [0.25, 0.3) is 0 Å². The maximum atomic E-state index is 14.9. The van der Waals surface area contributed by atoms with Crippen molar-refractivity contribution in [3.05, 3.63) is 76.7 Å². The Morgan fingerprint density at radius 3 is 2.41 bits per heavy atom. The van der Waals surface area contributed by atoms with Gasteiger partial charge in [-0.2, -0.15) is 0 Å². The van der Waals surface area contributed by atoms with Gasteiger partial charge in [-0.3, -0.25) is 0 Å². The molecular weight excluding hydrogens is 361 g/mol. The molecule has 1 heterocycles. The minimum absolute atomic E-state index is 0.0422. The van der Waals surface area contributed by atoms with E-state index < -0.39 is 9.84 Å². The minimum Gasteiger partial charge on any atom is -0.343 e. The summed E-state index contributed by atoms with van der Waals surface area (Å²) >= 11 is 0. The van der Waals surface area contributed by atoms with E-state index in [-0.39, 0.29) is 23.2 Å². The van der Waals surface area contributed by atoms with Gasteiger partial charge < -0.3 is 4.90 Å². The molecule has 0 fully saturated rings. The molecule has 1 aliphatic rings. The van der Waals surface area contributed by atoms with E-state index in [1.54, 1.807) is 0 Å². The summed E-state index contributed by atoms with van der Waals surface area (Å²) in [6.07, 6.45) is 0.750. The van der Waals surface area contributed by atoms with E-state index in [0.29, 0.717) is 17.8 Å². The largest absolute Gasteiger partial charge is 0.343 e. The van der Waals surface area contributed by atoms with Gasteiger partial charge in [-0.25, -0.2) is 12.8 Å². The van der Waals surface area contributed by atoms with Crippen LogP contribution in [-0.4, -0.2) is 15.0 Å². The highest BCUT2D eigenvalue weighted by atomic mass is 32.2. The fourth-order valence-corrected chi connectivity index (χ4v) is 5.26. The molecule has 3 rings (SSSR count). The molecule has 0 N–H and O–H groups in total. The Morgan fingerprint density at radius 2 is 1.78 bits per heavy atom. The number of halogens is 1. The zero-order valence-corrected chi connectivity index (χ0v) is 16.9. The molecular formula is C22H26FNO2S. The summed E-state index contributed by atoms with van der Waals surface area (Å²) in [5, 5.41) is 0. The van der Waals surface area contributed by atoms with Crippen LogP contribution in [0.2, 0.25) is 0 Å². The quantitative estimate of drug-likeness (QED) is 0.717. The molecule has 27 heavy (non-hydrogen) atoms. The van der Waals surface area contributed by atoms with Crippen molar-refractivity contribution in [2.75, 3.05) is 11.4 Å². The maximum Gasteiger partial charge on any atom is 0.158 e. The lowest BCUT2D eigenvalue weighted by molar-refractivity contribution is 0.590. The first kappa shape index (κ1) is 19.6. The fraction of sp³-hybridized carbons (Fsp3) is 0.364. The number of allylic oxidation sites excluding steroid dienone is 1. The summed E-state index contributed by atoms with van der Waals surface area (Å²) < 4.78 is 40.2. The lowest BCUT2D eigenvalue weighted by Crippen LogP contribution is -2.29. The van der Waals surface area contributed by atoms with Gasteiger partial charge >= 0.3 is 0 Å². The third kappa shape index (κ3) is 4.24. The number of hydrogen-bond donors (Lipinski definition) is 0. The smallest absolute Gasteiger partial charge is 0.158 e. The molecule has 0 saturated carbocycles. The number of benzene rings is 2. The highest BCUT2D eigenvalue weighted by Crippen LogP contribution is 2.41. The third-order valence-corrected chi connectivity index (χ3v) is 6.63. The summed E-state index contributed by atoms with van der Waals surface area (Å²) in [5.74, 6) is -0.461.